The fraction of sp³-hybridized carbons (Fsp3) is 0.440. The Morgan fingerprint density at radius 3 is 2.79 bits per heavy atom. The van der Waals surface area contributed by atoms with Gasteiger partial charge in [-0.25, -0.2) is 4.39 Å². The summed E-state index contributed by atoms with van der Waals surface area (Å²) in [7, 11) is 0. The van der Waals surface area contributed by atoms with E-state index in [-0.39, 0.29) is 11.4 Å². The third-order valence-corrected chi connectivity index (χ3v) is 6.94. The maximum atomic E-state index is 14.2. The van der Waals surface area contributed by atoms with Gasteiger partial charge in [0.05, 0.1) is 23.8 Å². The number of nitrogens with zero attached hydrogens (tertiary/aromatic N) is 4. The van der Waals surface area contributed by atoms with Gasteiger partial charge in [-0.3, -0.25) is 9.78 Å². The van der Waals surface area contributed by atoms with Crippen LogP contribution in [0.4, 0.5) is 4.39 Å². The molecule has 2 aromatic heterocycles. The second-order valence-electron chi connectivity index (χ2n) is 9.17. The first-order valence-electron chi connectivity index (χ1n) is 11.9. The highest BCUT2D eigenvalue weighted by molar-refractivity contribution is 5.64. The maximum absolute atomic E-state index is 14.2. The summed E-state index contributed by atoms with van der Waals surface area (Å²) < 4.78 is 27.1. The van der Waals surface area contributed by atoms with Crippen LogP contribution in [0, 0.1) is 0 Å². The number of aromatic nitrogens is 2. The summed E-state index contributed by atoms with van der Waals surface area (Å²) in [5.74, 6) is 1.16. The molecule has 0 unspecified atom stereocenters. The SMILES string of the molecule is O=c1ccc2c(n1CCN1CCC(NCc3cc4c(cn3)OCCO4)CC1)=CC(F)=CN1CC=21. The van der Waals surface area contributed by atoms with E-state index >= 15 is 0 Å². The zero-order valence-corrected chi connectivity index (χ0v) is 19.0. The van der Waals surface area contributed by atoms with E-state index in [1.54, 1.807) is 16.8 Å². The molecule has 178 valence electrons. The molecule has 4 aliphatic rings. The Labute approximate surface area is 196 Å². The largest absolute Gasteiger partial charge is 0.486 e. The van der Waals surface area contributed by atoms with Gasteiger partial charge in [-0.1, -0.05) is 0 Å². The van der Waals surface area contributed by atoms with Crippen LogP contribution in [0.2, 0.25) is 0 Å². The summed E-state index contributed by atoms with van der Waals surface area (Å²) in [6.07, 6.45) is 6.78. The van der Waals surface area contributed by atoms with Crippen LogP contribution in [-0.4, -0.2) is 64.8 Å². The van der Waals surface area contributed by atoms with Crippen LogP contribution in [0.15, 0.2) is 41.2 Å². The number of halogens is 1. The number of rotatable bonds is 6. The first-order chi connectivity index (χ1) is 16.6. The van der Waals surface area contributed by atoms with E-state index < -0.39 is 0 Å². The number of likely N-dealkylation sites (tertiary alicyclic amines) is 1. The molecule has 6 heterocycles. The van der Waals surface area contributed by atoms with Gasteiger partial charge in [0.15, 0.2) is 11.5 Å². The van der Waals surface area contributed by atoms with Gasteiger partial charge in [-0.15, -0.1) is 0 Å². The molecule has 0 saturated carbocycles. The number of piperidine rings is 1. The molecule has 0 atom stereocenters. The Bertz CT molecular complexity index is 1310. The van der Waals surface area contributed by atoms with E-state index in [1.807, 2.05) is 17.0 Å². The highest BCUT2D eigenvalue weighted by Crippen LogP contribution is 2.29. The van der Waals surface area contributed by atoms with Crippen molar-refractivity contribution in [3.8, 4) is 11.5 Å². The number of fused-ring (bicyclic) bond motifs is 3. The average Bonchev–Trinajstić information content (AvgIpc) is 3.62. The van der Waals surface area contributed by atoms with Crippen LogP contribution < -0.4 is 30.9 Å². The minimum absolute atomic E-state index is 0.0824. The van der Waals surface area contributed by atoms with E-state index in [9.17, 15) is 9.18 Å². The van der Waals surface area contributed by atoms with Crippen molar-refractivity contribution in [1.82, 2.24) is 24.7 Å². The number of pyridine rings is 2. The molecule has 0 spiro atoms. The molecule has 0 bridgehead atoms. The number of ether oxygens (including phenoxy) is 2. The minimum Gasteiger partial charge on any atom is -0.486 e. The minimum atomic E-state index is -0.313. The number of hydrogen-bond acceptors (Lipinski definition) is 7. The third-order valence-electron chi connectivity index (χ3n) is 6.94. The molecule has 6 rings (SSSR count). The highest BCUT2D eigenvalue weighted by Gasteiger charge is 2.27. The molecule has 1 N–H and O–H groups in total. The standard InChI is InChI=1S/C25H28FN5O3/c26-17-11-21-20(22-16-30(22)15-17)1-2-25(32)31(21)8-7-29-5-3-18(4-6-29)27-13-19-12-23-24(14-28-19)34-10-9-33-23/h1-2,11-12,14-15,18,27H,3-10,13,16H2. The van der Waals surface area contributed by atoms with E-state index in [1.165, 1.54) is 12.3 Å². The van der Waals surface area contributed by atoms with Crippen molar-refractivity contribution in [2.45, 2.75) is 32.0 Å². The third kappa shape index (κ3) is 4.33. The molecule has 0 amide bonds. The fourth-order valence-corrected chi connectivity index (χ4v) is 4.97. The lowest BCUT2D eigenvalue weighted by Crippen LogP contribution is -2.47. The van der Waals surface area contributed by atoms with Crippen molar-refractivity contribution in [3.05, 3.63) is 63.0 Å². The second-order valence-corrected chi connectivity index (χ2v) is 9.17. The molecule has 34 heavy (non-hydrogen) atoms. The summed E-state index contributed by atoms with van der Waals surface area (Å²) in [4.78, 5) is 21.3. The van der Waals surface area contributed by atoms with Crippen LogP contribution in [0.1, 0.15) is 18.5 Å². The first-order valence-corrected chi connectivity index (χ1v) is 11.9. The second kappa shape index (κ2) is 8.88. The van der Waals surface area contributed by atoms with Crippen LogP contribution in [0.25, 0.3) is 11.8 Å². The summed E-state index contributed by atoms with van der Waals surface area (Å²) in [5, 5.41) is 5.25. The molecule has 2 saturated heterocycles. The smallest absolute Gasteiger partial charge is 0.251 e. The molecule has 0 aromatic carbocycles. The zero-order chi connectivity index (χ0) is 23.1. The fourth-order valence-electron chi connectivity index (χ4n) is 4.97. The maximum Gasteiger partial charge on any atom is 0.251 e. The molecular weight excluding hydrogens is 437 g/mol. The Morgan fingerprint density at radius 2 is 1.94 bits per heavy atom. The monoisotopic (exact) mass is 465 g/mol. The van der Waals surface area contributed by atoms with Gasteiger partial charge in [0, 0.05) is 54.9 Å². The topological polar surface area (TPSA) is 71.6 Å². The lowest BCUT2D eigenvalue weighted by atomic mass is 10.0. The normalized spacial score (nSPS) is 19.6. The Balaban J connectivity index is 1.04. The first kappa shape index (κ1) is 21.4. The Hall–Kier alpha value is -3.17. The number of hydrogen-bond donors (Lipinski definition) is 1. The highest BCUT2D eigenvalue weighted by atomic mass is 19.1. The Morgan fingerprint density at radius 1 is 1.12 bits per heavy atom. The van der Waals surface area contributed by atoms with Gasteiger partial charge in [-0.05, 0) is 38.1 Å². The molecule has 2 fully saturated rings. The van der Waals surface area contributed by atoms with E-state index in [0.717, 1.165) is 61.4 Å². The predicted octanol–water partition coefficient (Wildman–Crippen LogP) is 0.298. The summed E-state index contributed by atoms with van der Waals surface area (Å²) in [6.45, 7) is 5.80. The van der Waals surface area contributed by atoms with Crippen molar-refractivity contribution >= 4 is 11.8 Å². The summed E-state index contributed by atoms with van der Waals surface area (Å²) >= 11 is 0. The molecule has 9 heteroatoms. The predicted molar refractivity (Wildman–Crippen MR) is 125 cm³/mol. The van der Waals surface area contributed by atoms with Crippen molar-refractivity contribution < 1.29 is 13.9 Å². The summed E-state index contributed by atoms with van der Waals surface area (Å²) in [5.41, 5.74) is 1.94. The van der Waals surface area contributed by atoms with Crippen LogP contribution >= 0.6 is 0 Å². The van der Waals surface area contributed by atoms with Gasteiger partial charge in [-0.2, -0.15) is 0 Å². The van der Waals surface area contributed by atoms with Crippen LogP contribution in [-0.2, 0) is 13.1 Å². The van der Waals surface area contributed by atoms with Crippen LogP contribution in [0.5, 0.6) is 11.5 Å². The zero-order valence-electron chi connectivity index (χ0n) is 19.0. The summed E-state index contributed by atoms with van der Waals surface area (Å²) in [6, 6.07) is 5.79. The molecular formula is C25H28FN5O3. The molecule has 0 radical (unpaired) electrons. The lowest BCUT2D eigenvalue weighted by Gasteiger charge is -2.32. The number of nitrogens with one attached hydrogen (secondary N) is 1. The Kier molecular flexibility index (Phi) is 5.58. The van der Waals surface area contributed by atoms with Crippen molar-refractivity contribution in [3.63, 3.8) is 0 Å². The van der Waals surface area contributed by atoms with Crippen molar-refractivity contribution in [2.75, 3.05) is 39.4 Å². The van der Waals surface area contributed by atoms with E-state index in [0.29, 0.717) is 43.4 Å². The van der Waals surface area contributed by atoms with Gasteiger partial charge >= 0.3 is 0 Å². The molecule has 0 aliphatic carbocycles. The molecule has 2 aromatic rings. The van der Waals surface area contributed by atoms with Gasteiger partial charge in [0.1, 0.15) is 19.0 Å². The molecule has 4 aliphatic heterocycles. The molecule has 8 nitrogen and oxygen atoms in total. The van der Waals surface area contributed by atoms with E-state index in [2.05, 4.69) is 15.2 Å². The van der Waals surface area contributed by atoms with Gasteiger partial charge < -0.3 is 29.2 Å². The number of allylic oxidation sites excluding steroid dienone is 1. The van der Waals surface area contributed by atoms with Gasteiger partial charge in [0.25, 0.3) is 5.56 Å². The van der Waals surface area contributed by atoms with Crippen molar-refractivity contribution in [2.24, 2.45) is 0 Å². The van der Waals surface area contributed by atoms with E-state index in [4.69, 9.17) is 9.47 Å². The van der Waals surface area contributed by atoms with Crippen molar-refractivity contribution in [1.29, 1.82) is 0 Å². The van der Waals surface area contributed by atoms with Crippen LogP contribution in [0.3, 0.4) is 0 Å². The lowest BCUT2D eigenvalue weighted by molar-refractivity contribution is 0.170. The van der Waals surface area contributed by atoms with Gasteiger partial charge in [0.2, 0.25) is 0 Å². The quantitative estimate of drug-likeness (QED) is 0.616. The average molecular weight is 466 g/mol.